The molecule has 1 aromatic carbocycles. The number of carbonyl (C=O) groups is 1. The predicted octanol–water partition coefficient (Wildman–Crippen LogP) is 2.07. The van der Waals surface area contributed by atoms with Crippen LogP contribution in [0.15, 0.2) is 34.9 Å². The van der Waals surface area contributed by atoms with Crippen LogP contribution < -0.4 is 14.8 Å². The molecule has 4 rings (SSSR count). The molecule has 1 aliphatic heterocycles. The van der Waals surface area contributed by atoms with Crippen LogP contribution in [0, 0.1) is 6.92 Å². The lowest BCUT2D eigenvalue weighted by Crippen LogP contribution is -2.25. The number of nitrogens with one attached hydrogen (secondary N) is 2. The van der Waals surface area contributed by atoms with Crippen molar-refractivity contribution in [3.8, 4) is 22.8 Å². The van der Waals surface area contributed by atoms with Crippen LogP contribution in [0.3, 0.4) is 0 Å². The molecule has 0 unspecified atom stereocenters. The number of rotatable bonds is 5. The largest absolute Gasteiger partial charge is 0.454 e. The molecule has 1 amide bonds. The summed E-state index contributed by atoms with van der Waals surface area (Å²) in [5.41, 5.74) is 2.72. The summed E-state index contributed by atoms with van der Waals surface area (Å²) in [6.07, 6.45) is 0.579. The average Bonchev–Trinajstić information content (AvgIpc) is 3.34. The van der Waals surface area contributed by atoms with Crippen LogP contribution >= 0.6 is 0 Å². The minimum atomic E-state index is -0.226. The maximum Gasteiger partial charge on any atom is 0.269 e. The van der Waals surface area contributed by atoms with Crippen LogP contribution in [0.2, 0.25) is 0 Å². The number of fused-ring (bicyclic) bond motifs is 1. The standard InChI is InChI=1S/C17H16N4O4/c1-10-6-12(25-21-10)4-5-18-17(22)14-8-13(19-20-14)11-2-3-15-16(7-11)24-9-23-15/h2-3,6-8H,4-5,9H2,1H3,(H,18,22)(H,19,20). The Labute approximate surface area is 143 Å². The second-order valence-corrected chi connectivity index (χ2v) is 5.68. The molecule has 128 valence electrons. The van der Waals surface area contributed by atoms with Crippen molar-refractivity contribution in [1.82, 2.24) is 20.7 Å². The van der Waals surface area contributed by atoms with Gasteiger partial charge in [-0.15, -0.1) is 0 Å². The molecule has 3 heterocycles. The molecule has 8 nitrogen and oxygen atoms in total. The summed E-state index contributed by atoms with van der Waals surface area (Å²) in [4.78, 5) is 12.2. The van der Waals surface area contributed by atoms with Crippen LogP contribution in [-0.2, 0) is 6.42 Å². The summed E-state index contributed by atoms with van der Waals surface area (Å²) in [5.74, 6) is 1.90. The molecule has 0 saturated carbocycles. The van der Waals surface area contributed by atoms with Crippen LogP contribution in [0.4, 0.5) is 0 Å². The van der Waals surface area contributed by atoms with Gasteiger partial charge < -0.3 is 19.3 Å². The molecule has 1 aliphatic rings. The summed E-state index contributed by atoms with van der Waals surface area (Å²) in [5, 5.41) is 13.6. The van der Waals surface area contributed by atoms with E-state index in [0.29, 0.717) is 35.9 Å². The lowest BCUT2D eigenvalue weighted by molar-refractivity contribution is 0.0948. The zero-order valence-corrected chi connectivity index (χ0v) is 13.5. The van der Waals surface area contributed by atoms with Gasteiger partial charge in [0.1, 0.15) is 11.5 Å². The van der Waals surface area contributed by atoms with Gasteiger partial charge in [-0.3, -0.25) is 9.89 Å². The quantitative estimate of drug-likeness (QED) is 0.737. The molecule has 0 fully saturated rings. The molecule has 0 saturated heterocycles. The Kier molecular flexibility index (Phi) is 3.85. The third-order valence-electron chi connectivity index (χ3n) is 3.82. The van der Waals surface area contributed by atoms with E-state index in [1.807, 2.05) is 31.2 Å². The van der Waals surface area contributed by atoms with Gasteiger partial charge in [0.15, 0.2) is 11.5 Å². The molecule has 0 atom stereocenters. The van der Waals surface area contributed by atoms with Crippen molar-refractivity contribution >= 4 is 5.91 Å². The smallest absolute Gasteiger partial charge is 0.269 e. The highest BCUT2D eigenvalue weighted by molar-refractivity contribution is 5.93. The topological polar surface area (TPSA) is 102 Å². The normalized spacial score (nSPS) is 12.4. The van der Waals surface area contributed by atoms with E-state index in [9.17, 15) is 4.79 Å². The first kappa shape index (κ1) is 15.3. The molecule has 2 N–H and O–H groups in total. The Morgan fingerprint density at radius 1 is 1.24 bits per heavy atom. The first-order valence-corrected chi connectivity index (χ1v) is 7.85. The molecule has 0 spiro atoms. The van der Waals surface area contributed by atoms with Gasteiger partial charge in [0.05, 0.1) is 11.4 Å². The second kappa shape index (κ2) is 6.31. The molecule has 25 heavy (non-hydrogen) atoms. The van der Waals surface area contributed by atoms with Gasteiger partial charge in [-0.2, -0.15) is 5.10 Å². The van der Waals surface area contributed by atoms with E-state index in [1.54, 1.807) is 6.07 Å². The van der Waals surface area contributed by atoms with Crippen LogP contribution in [-0.4, -0.2) is 34.6 Å². The van der Waals surface area contributed by atoms with E-state index < -0.39 is 0 Å². The van der Waals surface area contributed by atoms with Gasteiger partial charge in [0, 0.05) is 24.6 Å². The number of H-pyrrole nitrogens is 1. The Morgan fingerprint density at radius 2 is 2.12 bits per heavy atom. The number of hydrogen-bond donors (Lipinski definition) is 2. The third kappa shape index (κ3) is 3.18. The zero-order valence-electron chi connectivity index (χ0n) is 13.5. The average molecular weight is 340 g/mol. The Bertz CT molecular complexity index is 915. The summed E-state index contributed by atoms with van der Waals surface area (Å²) in [6, 6.07) is 9.08. The first-order chi connectivity index (χ1) is 12.2. The van der Waals surface area contributed by atoms with E-state index in [4.69, 9.17) is 14.0 Å². The number of hydrogen-bond acceptors (Lipinski definition) is 6. The van der Waals surface area contributed by atoms with Crippen molar-refractivity contribution in [3.05, 3.63) is 47.5 Å². The lowest BCUT2D eigenvalue weighted by atomic mass is 10.1. The summed E-state index contributed by atoms with van der Waals surface area (Å²) in [6.45, 7) is 2.53. The SMILES string of the molecule is Cc1cc(CCNC(=O)c2cc(-c3ccc4c(c3)OCO4)n[nH]2)on1. The molecule has 2 aromatic heterocycles. The summed E-state index contributed by atoms with van der Waals surface area (Å²) >= 11 is 0. The highest BCUT2D eigenvalue weighted by Crippen LogP contribution is 2.35. The predicted molar refractivity (Wildman–Crippen MR) is 87.4 cm³/mol. The number of aromatic amines is 1. The van der Waals surface area contributed by atoms with Crippen LogP contribution in [0.1, 0.15) is 21.9 Å². The molecule has 0 bridgehead atoms. The number of ether oxygens (including phenoxy) is 2. The minimum Gasteiger partial charge on any atom is -0.454 e. The van der Waals surface area contributed by atoms with Gasteiger partial charge in [-0.1, -0.05) is 5.16 Å². The number of benzene rings is 1. The Morgan fingerprint density at radius 3 is 2.96 bits per heavy atom. The van der Waals surface area contributed by atoms with Gasteiger partial charge in [0.2, 0.25) is 6.79 Å². The van der Waals surface area contributed by atoms with E-state index in [1.165, 1.54) is 0 Å². The number of aromatic nitrogens is 3. The molecular weight excluding hydrogens is 324 g/mol. The zero-order chi connectivity index (χ0) is 17.2. The van der Waals surface area contributed by atoms with E-state index >= 15 is 0 Å². The number of amides is 1. The van der Waals surface area contributed by atoms with Crippen LogP contribution in [0.5, 0.6) is 11.5 Å². The highest BCUT2D eigenvalue weighted by atomic mass is 16.7. The molecule has 0 aliphatic carbocycles. The maximum absolute atomic E-state index is 12.2. The Hall–Kier alpha value is -3.29. The van der Waals surface area contributed by atoms with Crippen molar-refractivity contribution in [2.75, 3.05) is 13.3 Å². The monoisotopic (exact) mass is 340 g/mol. The third-order valence-corrected chi connectivity index (χ3v) is 3.82. The molecule has 8 heteroatoms. The molecule has 3 aromatic rings. The summed E-state index contributed by atoms with van der Waals surface area (Å²) in [7, 11) is 0. The van der Waals surface area contributed by atoms with Gasteiger partial charge in [-0.05, 0) is 31.2 Å². The highest BCUT2D eigenvalue weighted by Gasteiger charge is 2.16. The van der Waals surface area contributed by atoms with Gasteiger partial charge >= 0.3 is 0 Å². The van der Waals surface area contributed by atoms with Gasteiger partial charge in [0.25, 0.3) is 5.91 Å². The lowest BCUT2D eigenvalue weighted by Gasteiger charge is -2.01. The molecule has 0 radical (unpaired) electrons. The number of carbonyl (C=O) groups excluding carboxylic acids is 1. The minimum absolute atomic E-state index is 0.220. The van der Waals surface area contributed by atoms with Gasteiger partial charge in [-0.25, -0.2) is 0 Å². The van der Waals surface area contributed by atoms with E-state index in [2.05, 4.69) is 20.7 Å². The Balaban J connectivity index is 1.39. The number of aryl methyl sites for hydroxylation is 1. The van der Waals surface area contributed by atoms with Crippen molar-refractivity contribution in [3.63, 3.8) is 0 Å². The van der Waals surface area contributed by atoms with Crippen molar-refractivity contribution in [2.45, 2.75) is 13.3 Å². The fourth-order valence-corrected chi connectivity index (χ4v) is 2.57. The van der Waals surface area contributed by atoms with E-state index in [0.717, 1.165) is 17.0 Å². The maximum atomic E-state index is 12.2. The summed E-state index contributed by atoms with van der Waals surface area (Å²) < 4.78 is 15.8. The van der Waals surface area contributed by atoms with E-state index in [-0.39, 0.29) is 12.7 Å². The van der Waals surface area contributed by atoms with Crippen molar-refractivity contribution < 1.29 is 18.8 Å². The second-order valence-electron chi connectivity index (χ2n) is 5.68. The fraction of sp³-hybridized carbons (Fsp3) is 0.235. The van der Waals surface area contributed by atoms with Crippen LogP contribution in [0.25, 0.3) is 11.3 Å². The van der Waals surface area contributed by atoms with Crippen molar-refractivity contribution in [2.24, 2.45) is 0 Å². The van der Waals surface area contributed by atoms with Crippen molar-refractivity contribution in [1.29, 1.82) is 0 Å². The fourth-order valence-electron chi connectivity index (χ4n) is 2.57. The number of nitrogens with zero attached hydrogens (tertiary/aromatic N) is 2. The molecular formula is C17H16N4O4. The first-order valence-electron chi connectivity index (χ1n) is 7.85.